The van der Waals surface area contributed by atoms with Crippen molar-refractivity contribution >= 4 is 18.6 Å². The molecule has 0 aliphatic carbocycles. The van der Waals surface area contributed by atoms with Crippen LogP contribution < -0.4 is 4.74 Å². The predicted octanol–water partition coefficient (Wildman–Crippen LogP) is 1.60. The molecular weight excluding hydrogens is 224 g/mol. The van der Waals surface area contributed by atoms with E-state index in [2.05, 4.69) is 24.5 Å². The van der Waals surface area contributed by atoms with E-state index in [1.165, 1.54) is 0 Å². The van der Waals surface area contributed by atoms with Crippen LogP contribution >= 0.6 is 12.6 Å². The number of rotatable bonds is 3. The molecule has 0 aromatic heterocycles. The lowest BCUT2D eigenvalue weighted by Gasteiger charge is -2.05. The van der Waals surface area contributed by atoms with E-state index in [1.54, 1.807) is 25.3 Å². The summed E-state index contributed by atoms with van der Waals surface area (Å²) in [5.41, 5.74) is 1.40. The molecule has 0 fully saturated rings. The van der Waals surface area contributed by atoms with Gasteiger partial charge in [0.2, 0.25) is 0 Å². The summed E-state index contributed by atoms with van der Waals surface area (Å²) in [5.74, 6) is 5.92. The van der Waals surface area contributed by atoms with Crippen LogP contribution in [0, 0.1) is 11.8 Å². The molecule has 16 heavy (non-hydrogen) atoms. The van der Waals surface area contributed by atoms with Crippen LogP contribution in [-0.2, 0) is 11.2 Å². The molecule has 4 heteroatoms. The van der Waals surface area contributed by atoms with Crippen LogP contribution in [0.25, 0.3) is 0 Å². The first-order chi connectivity index (χ1) is 7.67. The molecule has 0 aliphatic rings. The van der Waals surface area contributed by atoms with Crippen LogP contribution in [-0.4, -0.2) is 23.9 Å². The number of thiol groups is 1. The van der Waals surface area contributed by atoms with Crippen molar-refractivity contribution in [3.8, 4) is 17.6 Å². The topological polar surface area (TPSA) is 46.5 Å². The normalized spacial score (nSPS) is 9.12. The van der Waals surface area contributed by atoms with Gasteiger partial charge < -0.3 is 9.84 Å². The number of methoxy groups -OCH3 is 1. The van der Waals surface area contributed by atoms with E-state index in [1.807, 2.05) is 0 Å². The fourth-order valence-corrected chi connectivity index (χ4v) is 1.35. The van der Waals surface area contributed by atoms with E-state index in [-0.39, 0.29) is 6.42 Å². The van der Waals surface area contributed by atoms with Gasteiger partial charge in [-0.05, 0) is 17.7 Å². The Morgan fingerprint density at radius 3 is 2.88 bits per heavy atom. The maximum absolute atomic E-state index is 10.6. The van der Waals surface area contributed by atoms with Gasteiger partial charge in [-0.15, -0.1) is 0 Å². The number of carbonyl (C=O) groups is 1. The minimum atomic E-state index is -0.863. The lowest BCUT2D eigenvalue weighted by Crippen LogP contribution is -2.00. The van der Waals surface area contributed by atoms with Crippen LogP contribution in [0.1, 0.15) is 11.1 Å². The predicted molar refractivity (Wildman–Crippen MR) is 65.1 cm³/mol. The maximum Gasteiger partial charge on any atom is 0.307 e. The van der Waals surface area contributed by atoms with Crippen molar-refractivity contribution in [3.63, 3.8) is 0 Å². The van der Waals surface area contributed by atoms with Crippen molar-refractivity contribution in [2.45, 2.75) is 6.42 Å². The van der Waals surface area contributed by atoms with E-state index in [9.17, 15) is 4.79 Å². The fourth-order valence-electron chi connectivity index (χ4n) is 1.27. The van der Waals surface area contributed by atoms with Gasteiger partial charge in [0, 0.05) is 0 Å². The van der Waals surface area contributed by atoms with Crippen molar-refractivity contribution in [2.75, 3.05) is 12.9 Å². The summed E-state index contributed by atoms with van der Waals surface area (Å²) in [7, 11) is 1.55. The van der Waals surface area contributed by atoms with Crippen molar-refractivity contribution < 1.29 is 14.6 Å². The van der Waals surface area contributed by atoms with Gasteiger partial charge in [-0.25, -0.2) is 0 Å². The van der Waals surface area contributed by atoms with Gasteiger partial charge in [-0.1, -0.05) is 17.9 Å². The molecule has 1 N–H and O–H groups in total. The van der Waals surface area contributed by atoms with Gasteiger partial charge in [0.1, 0.15) is 5.75 Å². The average molecular weight is 236 g/mol. The van der Waals surface area contributed by atoms with Crippen molar-refractivity contribution in [1.82, 2.24) is 0 Å². The number of hydrogen-bond donors (Lipinski definition) is 2. The zero-order valence-electron chi connectivity index (χ0n) is 8.86. The van der Waals surface area contributed by atoms with Crippen molar-refractivity contribution in [2.24, 2.45) is 0 Å². The molecule has 1 rings (SSSR count). The monoisotopic (exact) mass is 236 g/mol. The lowest BCUT2D eigenvalue weighted by molar-refractivity contribution is -0.136. The second-order valence-corrected chi connectivity index (χ2v) is 3.38. The summed E-state index contributed by atoms with van der Waals surface area (Å²) in [5, 5.41) is 8.68. The number of ether oxygens (including phenoxy) is 1. The Labute approximate surface area is 99.8 Å². The van der Waals surface area contributed by atoms with E-state index in [0.717, 1.165) is 0 Å². The van der Waals surface area contributed by atoms with Gasteiger partial charge in [-0.3, -0.25) is 4.79 Å². The maximum atomic E-state index is 10.6. The second-order valence-electron chi connectivity index (χ2n) is 3.07. The smallest absolute Gasteiger partial charge is 0.307 e. The molecule has 0 amide bonds. The third-order valence-corrected chi connectivity index (χ3v) is 2.08. The minimum absolute atomic E-state index is 0.0143. The molecule has 1 aromatic carbocycles. The highest BCUT2D eigenvalue weighted by Gasteiger charge is 2.05. The number of carboxylic acid groups (broad SMARTS) is 1. The molecule has 1 aromatic rings. The highest BCUT2D eigenvalue weighted by atomic mass is 32.1. The first-order valence-corrected chi connectivity index (χ1v) is 5.29. The number of aliphatic carboxylic acids is 1. The molecular formula is C12H12O3S. The van der Waals surface area contributed by atoms with Crippen LogP contribution in [0.4, 0.5) is 0 Å². The molecule has 0 spiro atoms. The Balaban J connectivity index is 3.05. The molecule has 0 unspecified atom stereocenters. The molecule has 0 heterocycles. The van der Waals surface area contributed by atoms with Crippen LogP contribution in [0.15, 0.2) is 18.2 Å². The third kappa shape index (κ3) is 3.52. The van der Waals surface area contributed by atoms with Gasteiger partial charge in [0.25, 0.3) is 0 Å². The Morgan fingerprint density at radius 2 is 2.31 bits per heavy atom. The standard InChI is InChI=1S/C12H12O3S/c1-15-11-5-4-9(8-12(13)14)7-10(11)3-2-6-16/h4-5,7,16H,6,8H2,1H3,(H,13,14). The molecule has 84 valence electrons. The highest BCUT2D eigenvalue weighted by molar-refractivity contribution is 7.80. The summed E-state index contributed by atoms with van der Waals surface area (Å²) in [6, 6.07) is 5.17. The van der Waals surface area contributed by atoms with Gasteiger partial charge in [0.05, 0.1) is 24.8 Å². The fraction of sp³-hybridized carbons (Fsp3) is 0.250. The van der Waals surface area contributed by atoms with Crippen molar-refractivity contribution in [1.29, 1.82) is 0 Å². The third-order valence-electron chi connectivity index (χ3n) is 1.92. The van der Waals surface area contributed by atoms with Crippen LogP contribution in [0.3, 0.4) is 0 Å². The summed E-state index contributed by atoms with van der Waals surface area (Å²) >= 11 is 3.99. The summed E-state index contributed by atoms with van der Waals surface area (Å²) in [4.78, 5) is 10.6. The number of benzene rings is 1. The van der Waals surface area contributed by atoms with Crippen LogP contribution in [0.5, 0.6) is 5.75 Å². The van der Waals surface area contributed by atoms with E-state index < -0.39 is 5.97 Å². The summed E-state index contributed by atoms with van der Waals surface area (Å²) in [6.45, 7) is 0. The summed E-state index contributed by atoms with van der Waals surface area (Å²) < 4.78 is 5.13. The van der Waals surface area contributed by atoms with E-state index in [4.69, 9.17) is 9.84 Å². The molecule has 0 aliphatic heterocycles. The van der Waals surface area contributed by atoms with E-state index in [0.29, 0.717) is 22.6 Å². The first-order valence-electron chi connectivity index (χ1n) is 4.66. The first kappa shape index (κ1) is 12.5. The SMILES string of the molecule is COc1ccc(CC(=O)O)cc1C#CCS. The van der Waals surface area contributed by atoms with Crippen LogP contribution in [0.2, 0.25) is 0 Å². The molecule has 0 atom stereocenters. The minimum Gasteiger partial charge on any atom is -0.495 e. The molecule has 0 bridgehead atoms. The molecule has 0 saturated carbocycles. The van der Waals surface area contributed by atoms with E-state index >= 15 is 0 Å². The molecule has 0 radical (unpaired) electrons. The highest BCUT2D eigenvalue weighted by Crippen LogP contribution is 2.19. The zero-order chi connectivity index (χ0) is 12.0. The Hall–Kier alpha value is -1.60. The quantitative estimate of drug-likeness (QED) is 0.619. The number of carboxylic acids is 1. The average Bonchev–Trinajstić information content (AvgIpc) is 2.25. The Kier molecular flexibility index (Phi) is 4.74. The lowest BCUT2D eigenvalue weighted by atomic mass is 10.1. The van der Waals surface area contributed by atoms with Crippen molar-refractivity contribution in [3.05, 3.63) is 29.3 Å². The largest absolute Gasteiger partial charge is 0.495 e. The Bertz CT molecular complexity index is 443. The van der Waals surface area contributed by atoms with Gasteiger partial charge in [0.15, 0.2) is 0 Å². The second kappa shape index (κ2) is 6.09. The number of hydrogen-bond acceptors (Lipinski definition) is 3. The molecule has 0 saturated heterocycles. The zero-order valence-corrected chi connectivity index (χ0v) is 9.75. The summed E-state index contributed by atoms with van der Waals surface area (Å²) in [6.07, 6.45) is -0.0143. The Morgan fingerprint density at radius 1 is 1.56 bits per heavy atom. The van der Waals surface area contributed by atoms with Gasteiger partial charge >= 0.3 is 5.97 Å². The molecule has 3 nitrogen and oxygen atoms in total. The van der Waals surface area contributed by atoms with Gasteiger partial charge in [-0.2, -0.15) is 12.6 Å².